The Morgan fingerprint density at radius 1 is 1.25 bits per heavy atom. The van der Waals surface area contributed by atoms with E-state index < -0.39 is 0 Å². The van der Waals surface area contributed by atoms with Crippen molar-refractivity contribution in [1.29, 1.82) is 0 Å². The molecule has 32 heavy (non-hydrogen) atoms. The van der Waals surface area contributed by atoms with Crippen molar-refractivity contribution < 1.29 is 4.79 Å². The van der Waals surface area contributed by atoms with Crippen molar-refractivity contribution in [2.45, 2.75) is 70.2 Å². The molecule has 0 fully saturated rings. The molecule has 0 spiro atoms. The molecule has 0 saturated carbocycles. The number of rotatable bonds is 7. The number of nitrogens with zero attached hydrogens (tertiary/aromatic N) is 5. The number of thioether (sulfide) groups is 1. The number of unbranched alkanes of at least 4 members (excludes halogenated alkanes) is 1. The predicted molar refractivity (Wildman–Crippen MR) is 128 cm³/mol. The average Bonchev–Trinajstić information content (AvgIpc) is 3.36. The molecule has 1 aliphatic heterocycles. The van der Waals surface area contributed by atoms with Gasteiger partial charge in [0.1, 0.15) is 5.39 Å². The molecular weight excluding hydrogens is 422 g/mol. The monoisotopic (exact) mass is 453 g/mol. The van der Waals surface area contributed by atoms with E-state index in [1.165, 1.54) is 0 Å². The van der Waals surface area contributed by atoms with E-state index in [0.29, 0.717) is 34.9 Å². The van der Waals surface area contributed by atoms with E-state index in [9.17, 15) is 9.59 Å². The van der Waals surface area contributed by atoms with Gasteiger partial charge in [0, 0.05) is 25.3 Å². The molecule has 8 heteroatoms. The van der Waals surface area contributed by atoms with Gasteiger partial charge < -0.3 is 4.90 Å². The van der Waals surface area contributed by atoms with Crippen LogP contribution in [0.15, 0.2) is 46.5 Å². The molecule has 3 heterocycles. The Kier molecular flexibility index (Phi) is 6.42. The fraction of sp³-hybridized carbons (Fsp3) is 0.500. The maximum atomic E-state index is 13.3. The Hall–Kier alpha value is -2.61. The quantitative estimate of drug-likeness (QED) is 0.501. The third kappa shape index (κ3) is 4.46. The van der Waals surface area contributed by atoms with Gasteiger partial charge in [-0.25, -0.2) is 9.67 Å². The first kappa shape index (κ1) is 22.6. The van der Waals surface area contributed by atoms with Crippen LogP contribution in [0, 0.1) is 0 Å². The molecule has 0 N–H and O–H groups in total. The summed E-state index contributed by atoms with van der Waals surface area (Å²) in [4.78, 5) is 33.3. The van der Waals surface area contributed by atoms with Gasteiger partial charge in [-0.05, 0) is 32.8 Å². The minimum absolute atomic E-state index is 0.0816. The van der Waals surface area contributed by atoms with E-state index in [1.807, 2.05) is 56.0 Å². The molecule has 0 aliphatic carbocycles. The zero-order valence-electron chi connectivity index (χ0n) is 19.2. The summed E-state index contributed by atoms with van der Waals surface area (Å²) in [6.07, 6.45) is 3.90. The van der Waals surface area contributed by atoms with Crippen LogP contribution in [0.3, 0.4) is 0 Å². The molecule has 0 saturated heterocycles. The molecule has 1 atom stereocenters. The minimum atomic E-state index is -0.268. The number of fused-ring (bicyclic) bond motifs is 2. The molecule has 2 aromatic heterocycles. The van der Waals surface area contributed by atoms with Crippen LogP contribution in [0.25, 0.3) is 11.0 Å². The summed E-state index contributed by atoms with van der Waals surface area (Å²) in [5.74, 6) is 0.759. The van der Waals surface area contributed by atoms with E-state index in [1.54, 1.807) is 27.2 Å². The van der Waals surface area contributed by atoms with Gasteiger partial charge in [-0.1, -0.05) is 55.4 Å². The van der Waals surface area contributed by atoms with Gasteiger partial charge in [-0.3, -0.25) is 14.2 Å². The second-order valence-electron chi connectivity index (χ2n) is 9.36. The molecule has 4 rings (SSSR count). The van der Waals surface area contributed by atoms with Crippen LogP contribution in [0.4, 0.5) is 0 Å². The highest BCUT2D eigenvalue weighted by Crippen LogP contribution is 2.34. The number of benzene rings is 1. The lowest BCUT2D eigenvalue weighted by Crippen LogP contribution is -2.35. The number of carbonyl (C=O) groups excluding carboxylic acids is 1. The first-order valence-corrected chi connectivity index (χ1v) is 12.2. The van der Waals surface area contributed by atoms with Crippen molar-refractivity contribution in [3.05, 3.63) is 52.4 Å². The lowest BCUT2D eigenvalue weighted by atomic mass is 10.1. The molecule has 1 aromatic carbocycles. The van der Waals surface area contributed by atoms with Gasteiger partial charge in [0.2, 0.25) is 5.91 Å². The zero-order chi connectivity index (χ0) is 22.9. The summed E-state index contributed by atoms with van der Waals surface area (Å²) in [5, 5.41) is 5.60. The van der Waals surface area contributed by atoms with Gasteiger partial charge in [-0.2, -0.15) is 5.10 Å². The van der Waals surface area contributed by atoms with E-state index in [2.05, 4.69) is 12.0 Å². The molecule has 7 nitrogen and oxygen atoms in total. The van der Waals surface area contributed by atoms with Crippen molar-refractivity contribution in [3.63, 3.8) is 0 Å². The normalized spacial score (nSPS) is 15.8. The summed E-state index contributed by atoms with van der Waals surface area (Å²) < 4.78 is 3.51. The Bertz CT molecular complexity index is 1160. The molecule has 3 aromatic rings. The third-order valence-electron chi connectivity index (χ3n) is 5.77. The fourth-order valence-corrected chi connectivity index (χ4v) is 5.18. The number of hydrogen-bond donors (Lipinski definition) is 0. The number of aromatic nitrogens is 4. The van der Waals surface area contributed by atoms with Gasteiger partial charge in [0.15, 0.2) is 10.8 Å². The lowest BCUT2D eigenvalue weighted by Gasteiger charge is -2.25. The van der Waals surface area contributed by atoms with E-state index in [4.69, 9.17) is 4.98 Å². The van der Waals surface area contributed by atoms with E-state index in [-0.39, 0.29) is 23.0 Å². The van der Waals surface area contributed by atoms with Crippen LogP contribution in [0.1, 0.15) is 58.6 Å². The van der Waals surface area contributed by atoms with Crippen LogP contribution in [0.5, 0.6) is 0 Å². The topological polar surface area (TPSA) is 73.0 Å². The molecule has 170 valence electrons. The van der Waals surface area contributed by atoms with Crippen LogP contribution in [-0.4, -0.2) is 42.4 Å². The van der Waals surface area contributed by atoms with E-state index in [0.717, 1.165) is 24.9 Å². The van der Waals surface area contributed by atoms with Crippen molar-refractivity contribution >= 4 is 28.7 Å². The Morgan fingerprint density at radius 2 is 2.00 bits per heavy atom. The van der Waals surface area contributed by atoms with Crippen molar-refractivity contribution in [3.8, 4) is 0 Å². The van der Waals surface area contributed by atoms with Crippen molar-refractivity contribution in [1.82, 2.24) is 24.2 Å². The molecular formula is C24H31N5O2S. The zero-order valence-corrected chi connectivity index (χ0v) is 20.1. The van der Waals surface area contributed by atoms with Gasteiger partial charge in [0.25, 0.3) is 5.56 Å². The Labute approximate surface area is 192 Å². The van der Waals surface area contributed by atoms with Crippen LogP contribution < -0.4 is 5.56 Å². The van der Waals surface area contributed by atoms with Crippen LogP contribution >= 0.6 is 11.8 Å². The summed E-state index contributed by atoms with van der Waals surface area (Å²) in [6, 6.07) is 9.88. The van der Waals surface area contributed by atoms with Gasteiger partial charge >= 0.3 is 0 Å². The predicted octanol–water partition coefficient (Wildman–Crippen LogP) is 4.21. The third-order valence-corrected chi connectivity index (χ3v) is 6.86. The summed E-state index contributed by atoms with van der Waals surface area (Å²) in [7, 11) is 0. The second-order valence-corrected chi connectivity index (χ2v) is 10.3. The largest absolute Gasteiger partial charge is 0.338 e. The van der Waals surface area contributed by atoms with Gasteiger partial charge in [0.05, 0.1) is 17.8 Å². The van der Waals surface area contributed by atoms with Gasteiger partial charge in [-0.15, -0.1) is 0 Å². The fourth-order valence-electron chi connectivity index (χ4n) is 4.05. The first-order valence-electron chi connectivity index (χ1n) is 11.2. The summed E-state index contributed by atoms with van der Waals surface area (Å²) in [5.41, 5.74) is 1.36. The highest BCUT2D eigenvalue weighted by atomic mass is 32.2. The minimum Gasteiger partial charge on any atom is -0.338 e. The smallest absolute Gasteiger partial charge is 0.265 e. The second kappa shape index (κ2) is 9.10. The average molecular weight is 454 g/mol. The highest BCUT2D eigenvalue weighted by molar-refractivity contribution is 7.99. The Balaban J connectivity index is 1.59. The summed E-state index contributed by atoms with van der Waals surface area (Å²) in [6.45, 7) is 9.57. The van der Waals surface area contributed by atoms with Crippen LogP contribution in [0.2, 0.25) is 0 Å². The molecule has 0 bridgehead atoms. The Morgan fingerprint density at radius 3 is 2.69 bits per heavy atom. The lowest BCUT2D eigenvalue weighted by molar-refractivity contribution is -0.132. The molecule has 1 unspecified atom stereocenters. The summed E-state index contributed by atoms with van der Waals surface area (Å²) >= 11 is 1.54. The maximum absolute atomic E-state index is 13.3. The SMILES string of the molecule is CCCCN(Cc1ccccc1)C(=O)CC1CSc2nc3c(cnn3C(C)(C)C)c(=O)n21. The van der Waals surface area contributed by atoms with Crippen molar-refractivity contribution in [2.24, 2.45) is 0 Å². The maximum Gasteiger partial charge on any atom is 0.265 e. The highest BCUT2D eigenvalue weighted by Gasteiger charge is 2.31. The molecule has 0 radical (unpaired) electrons. The standard InChI is InChI=1S/C24H31N5O2S/c1-5-6-12-27(15-17-10-8-7-9-11-17)20(30)13-18-16-32-23-26-21-19(22(31)28(18)23)14-25-29(21)24(2,3)4/h7-11,14,18H,5-6,12-13,15-16H2,1-4H3. The molecule has 1 amide bonds. The number of amides is 1. The number of hydrogen-bond acceptors (Lipinski definition) is 5. The number of carbonyl (C=O) groups is 1. The van der Waals surface area contributed by atoms with Crippen molar-refractivity contribution in [2.75, 3.05) is 12.3 Å². The molecule has 1 aliphatic rings. The van der Waals surface area contributed by atoms with E-state index >= 15 is 0 Å². The van der Waals surface area contributed by atoms with Crippen LogP contribution in [-0.2, 0) is 16.9 Å². The first-order chi connectivity index (χ1) is 15.3.